The van der Waals surface area contributed by atoms with Crippen LogP contribution in [0.15, 0.2) is 274 Å². The lowest BCUT2D eigenvalue weighted by Gasteiger charge is -2.27. The molecule has 0 aliphatic carbocycles. The Hall–Kier alpha value is -8.20. The van der Waals surface area contributed by atoms with Crippen LogP contribution in [0.25, 0.3) is 45.0 Å². The molecule has 8 aromatic rings. The van der Waals surface area contributed by atoms with Crippen LogP contribution in [0.2, 0.25) is 0 Å². The van der Waals surface area contributed by atoms with E-state index in [2.05, 4.69) is 242 Å². The summed E-state index contributed by atoms with van der Waals surface area (Å²) < 4.78 is 0. The van der Waals surface area contributed by atoms with Crippen molar-refractivity contribution < 1.29 is 0 Å². The fourth-order valence-electron chi connectivity index (χ4n) is 7.64. The smallest absolute Gasteiger partial charge is 0.0462 e. The number of nitrogens with zero attached hydrogens (tertiary/aromatic N) is 2. The zero-order valence-electron chi connectivity index (χ0n) is 34.8. The molecule has 0 aliphatic heterocycles. The van der Waals surface area contributed by atoms with Crippen LogP contribution in [0.1, 0.15) is 11.1 Å². The summed E-state index contributed by atoms with van der Waals surface area (Å²) in [5, 5.41) is 0. The van der Waals surface area contributed by atoms with Crippen LogP contribution >= 0.6 is 0 Å². The van der Waals surface area contributed by atoms with Crippen LogP contribution in [0, 0.1) is 0 Å². The molecule has 0 aromatic heterocycles. The largest absolute Gasteiger partial charge is 0.311 e. The van der Waals surface area contributed by atoms with E-state index >= 15 is 0 Å². The first-order valence-electron chi connectivity index (χ1n) is 20.8. The third-order valence-corrected chi connectivity index (χ3v) is 10.8. The van der Waals surface area contributed by atoms with Crippen LogP contribution in [0.4, 0.5) is 28.4 Å². The lowest BCUT2D eigenvalue weighted by molar-refractivity contribution is 1.21. The van der Waals surface area contributed by atoms with Crippen molar-refractivity contribution in [2.24, 2.45) is 0 Å². The molecule has 0 unspecified atom stereocenters. The van der Waals surface area contributed by atoms with Gasteiger partial charge in [0.15, 0.2) is 0 Å². The Balaban J connectivity index is 1.11. The molecule has 8 aromatic carbocycles. The molecule has 8 rings (SSSR count). The fraction of sp³-hybridized carbons (Fsp3) is 0. The van der Waals surface area contributed by atoms with Crippen molar-refractivity contribution in [3.8, 4) is 33.4 Å². The van der Waals surface area contributed by atoms with Crippen molar-refractivity contribution in [3.05, 3.63) is 285 Å². The van der Waals surface area contributed by atoms with Crippen molar-refractivity contribution in [2.45, 2.75) is 0 Å². The van der Waals surface area contributed by atoms with Crippen LogP contribution in [0.5, 0.6) is 0 Å². The minimum atomic E-state index is 0.962. The summed E-state index contributed by atoms with van der Waals surface area (Å²) >= 11 is 0. The van der Waals surface area contributed by atoms with Crippen molar-refractivity contribution in [3.63, 3.8) is 0 Å². The molecule has 2 heteroatoms. The molecule has 0 saturated heterocycles. The van der Waals surface area contributed by atoms with E-state index in [-0.39, 0.29) is 0 Å². The summed E-state index contributed by atoms with van der Waals surface area (Å²) in [7, 11) is 0. The molecular formula is C60H48N2. The van der Waals surface area contributed by atoms with E-state index in [1.807, 2.05) is 36.4 Å². The van der Waals surface area contributed by atoms with Gasteiger partial charge in [-0.15, -0.1) is 0 Å². The second kappa shape index (κ2) is 19.7. The monoisotopic (exact) mass is 796 g/mol. The minimum absolute atomic E-state index is 0.962. The predicted molar refractivity (Wildman–Crippen MR) is 268 cm³/mol. The standard InChI is InChI=1S/C60H48N2/c1-4-17-47(5-2)50-26-36-58(37-27-50)62(59-42-30-52(31-43-59)49-23-14-9-15-24-49)60-44-34-54(35-45-60)53-32-40-57(41-33-53)61(55(6-3)25-16-20-46-18-10-7-11-19-46)56-38-28-51(29-39-56)48-21-12-8-13-22-48/h4-45H,1-3H2/b20-16+,47-17+,55-25+. The predicted octanol–water partition coefficient (Wildman–Crippen LogP) is 16.8. The van der Waals surface area contributed by atoms with Gasteiger partial charge in [0.2, 0.25) is 0 Å². The molecule has 298 valence electrons. The highest BCUT2D eigenvalue weighted by Gasteiger charge is 2.16. The second-order valence-electron chi connectivity index (χ2n) is 14.8. The van der Waals surface area contributed by atoms with Crippen LogP contribution in [-0.4, -0.2) is 0 Å². The Morgan fingerprint density at radius 1 is 0.355 bits per heavy atom. The normalized spacial score (nSPS) is 11.5. The lowest BCUT2D eigenvalue weighted by Crippen LogP contribution is -2.15. The summed E-state index contributed by atoms with van der Waals surface area (Å²) in [6.45, 7) is 12.1. The molecule has 0 saturated carbocycles. The molecule has 0 atom stereocenters. The highest BCUT2D eigenvalue weighted by molar-refractivity contribution is 5.83. The molecule has 0 radical (unpaired) electrons. The van der Waals surface area contributed by atoms with Gasteiger partial charge in [-0.1, -0.05) is 202 Å². The zero-order chi connectivity index (χ0) is 42.5. The Morgan fingerprint density at radius 3 is 1.11 bits per heavy atom. The van der Waals surface area contributed by atoms with Crippen molar-refractivity contribution in [1.82, 2.24) is 0 Å². The topological polar surface area (TPSA) is 6.48 Å². The Kier molecular flexibility index (Phi) is 12.9. The van der Waals surface area contributed by atoms with Crippen molar-refractivity contribution in [1.29, 1.82) is 0 Å². The maximum absolute atomic E-state index is 4.24. The number of anilines is 5. The summed E-state index contributed by atoms with van der Waals surface area (Å²) in [5.74, 6) is 0. The Labute approximate surface area is 367 Å². The summed E-state index contributed by atoms with van der Waals surface area (Å²) in [6.07, 6.45) is 13.9. The number of hydrogen-bond donors (Lipinski definition) is 0. The molecule has 0 N–H and O–H groups in total. The summed E-state index contributed by atoms with van der Waals surface area (Å²) in [5.41, 5.74) is 16.5. The van der Waals surface area contributed by atoms with E-state index in [0.29, 0.717) is 0 Å². The van der Waals surface area contributed by atoms with E-state index in [0.717, 1.165) is 62.0 Å². The summed E-state index contributed by atoms with van der Waals surface area (Å²) in [6, 6.07) is 75.0. The third-order valence-electron chi connectivity index (χ3n) is 10.8. The second-order valence-corrected chi connectivity index (χ2v) is 14.8. The van der Waals surface area contributed by atoms with Gasteiger partial charge in [-0.25, -0.2) is 0 Å². The Morgan fingerprint density at radius 2 is 0.726 bits per heavy atom. The molecule has 2 nitrogen and oxygen atoms in total. The van der Waals surface area contributed by atoms with E-state index in [1.165, 1.54) is 22.3 Å². The Bertz CT molecular complexity index is 2810. The maximum Gasteiger partial charge on any atom is 0.0462 e. The first-order chi connectivity index (χ1) is 30.6. The van der Waals surface area contributed by atoms with Crippen LogP contribution in [-0.2, 0) is 0 Å². The minimum Gasteiger partial charge on any atom is -0.311 e. The van der Waals surface area contributed by atoms with Crippen LogP contribution < -0.4 is 9.80 Å². The fourth-order valence-corrected chi connectivity index (χ4v) is 7.64. The highest BCUT2D eigenvalue weighted by atomic mass is 15.1. The maximum atomic E-state index is 4.24. The zero-order valence-corrected chi connectivity index (χ0v) is 34.8. The van der Waals surface area contributed by atoms with Gasteiger partial charge < -0.3 is 9.80 Å². The summed E-state index contributed by atoms with van der Waals surface area (Å²) in [4.78, 5) is 4.55. The molecule has 0 aliphatic rings. The molecule has 0 bridgehead atoms. The van der Waals surface area contributed by atoms with E-state index in [9.17, 15) is 0 Å². The van der Waals surface area contributed by atoms with Gasteiger partial charge in [0.1, 0.15) is 0 Å². The number of hydrogen-bond acceptors (Lipinski definition) is 2. The van der Waals surface area contributed by atoms with Crippen molar-refractivity contribution >= 4 is 40.1 Å². The van der Waals surface area contributed by atoms with Gasteiger partial charge in [0, 0.05) is 34.1 Å². The van der Waals surface area contributed by atoms with E-state index in [1.54, 1.807) is 6.08 Å². The average molecular weight is 797 g/mol. The molecule has 0 fully saturated rings. The number of rotatable bonds is 15. The van der Waals surface area contributed by atoms with Gasteiger partial charge in [0.05, 0.1) is 0 Å². The van der Waals surface area contributed by atoms with Gasteiger partial charge in [0.25, 0.3) is 0 Å². The third kappa shape index (κ3) is 9.47. The number of allylic oxidation sites excluding steroid dienone is 7. The molecule has 0 spiro atoms. The van der Waals surface area contributed by atoms with E-state index < -0.39 is 0 Å². The molecule has 0 amide bonds. The first-order valence-corrected chi connectivity index (χ1v) is 20.8. The lowest BCUT2D eigenvalue weighted by atomic mass is 10.0. The van der Waals surface area contributed by atoms with Gasteiger partial charge in [-0.3, -0.25) is 0 Å². The van der Waals surface area contributed by atoms with Gasteiger partial charge >= 0.3 is 0 Å². The molecular weight excluding hydrogens is 749 g/mol. The van der Waals surface area contributed by atoms with Gasteiger partial charge in [-0.2, -0.15) is 0 Å². The molecule has 62 heavy (non-hydrogen) atoms. The number of benzene rings is 8. The van der Waals surface area contributed by atoms with Crippen LogP contribution in [0.3, 0.4) is 0 Å². The van der Waals surface area contributed by atoms with E-state index in [4.69, 9.17) is 0 Å². The quantitative estimate of drug-likeness (QED) is 0.0954. The SMILES string of the molecule is C=C/C=C(\C=C)c1ccc(N(c2ccc(-c3ccccc3)cc2)c2ccc(-c3ccc(N(/C(C=C)=C/C=C/c4ccccc4)c4ccc(-c5ccccc5)cc4)cc3)cc2)cc1. The van der Waals surface area contributed by atoms with Crippen molar-refractivity contribution in [2.75, 3.05) is 9.80 Å². The van der Waals surface area contributed by atoms with Gasteiger partial charge in [-0.05, 0) is 123 Å². The average Bonchev–Trinajstić information content (AvgIpc) is 3.35. The molecule has 0 heterocycles. The highest BCUT2D eigenvalue weighted by Crippen LogP contribution is 2.38. The first kappa shape index (κ1) is 40.6.